The summed E-state index contributed by atoms with van der Waals surface area (Å²) >= 11 is 1.30. The maximum Gasteiger partial charge on any atom is 0.291 e. The van der Waals surface area contributed by atoms with Gasteiger partial charge < -0.3 is 9.47 Å². The van der Waals surface area contributed by atoms with Gasteiger partial charge in [-0.15, -0.1) is 5.10 Å². The average Bonchev–Trinajstić information content (AvgIpc) is 3.32. The number of pyridine rings is 1. The first kappa shape index (κ1) is 20.0. The summed E-state index contributed by atoms with van der Waals surface area (Å²) in [6.07, 6.45) is 8.47. The summed E-state index contributed by atoms with van der Waals surface area (Å²) in [5.74, 6) is 1.84. The first-order chi connectivity index (χ1) is 14.7. The number of rotatable bonds is 8. The van der Waals surface area contributed by atoms with E-state index < -0.39 is 0 Å². The van der Waals surface area contributed by atoms with Gasteiger partial charge in [-0.3, -0.25) is 9.78 Å². The SMILES string of the molecule is CCCCCOc1ccc(/C=c2\sc3nc(-c4cccnc4)nn3c2=O)cc1OC. The lowest BCUT2D eigenvalue weighted by Gasteiger charge is -2.11. The molecule has 0 aliphatic rings. The van der Waals surface area contributed by atoms with E-state index in [1.807, 2.05) is 36.4 Å². The Hall–Kier alpha value is -3.26. The van der Waals surface area contributed by atoms with Crippen molar-refractivity contribution in [3.63, 3.8) is 0 Å². The van der Waals surface area contributed by atoms with Crippen LogP contribution in [0.3, 0.4) is 0 Å². The topological polar surface area (TPSA) is 78.6 Å². The second-order valence-electron chi connectivity index (χ2n) is 6.75. The number of unbranched alkanes of at least 4 members (excludes halogenated alkanes) is 2. The summed E-state index contributed by atoms with van der Waals surface area (Å²) in [5, 5.41) is 4.34. The van der Waals surface area contributed by atoms with E-state index in [1.54, 1.807) is 19.5 Å². The van der Waals surface area contributed by atoms with Gasteiger partial charge in [-0.25, -0.2) is 0 Å². The highest BCUT2D eigenvalue weighted by molar-refractivity contribution is 7.15. The maximum atomic E-state index is 12.8. The Balaban J connectivity index is 1.62. The van der Waals surface area contributed by atoms with Crippen LogP contribution in [-0.4, -0.2) is 33.3 Å². The highest BCUT2D eigenvalue weighted by Crippen LogP contribution is 2.28. The Morgan fingerprint density at radius 1 is 1.20 bits per heavy atom. The van der Waals surface area contributed by atoms with Crippen molar-refractivity contribution in [1.82, 2.24) is 19.6 Å². The van der Waals surface area contributed by atoms with Gasteiger partial charge in [0.1, 0.15) is 0 Å². The van der Waals surface area contributed by atoms with E-state index in [0.29, 0.717) is 33.4 Å². The molecule has 7 nitrogen and oxygen atoms in total. The quantitative estimate of drug-likeness (QED) is 0.405. The predicted octanol–water partition coefficient (Wildman–Crippen LogP) is 3.34. The molecular weight excluding hydrogens is 400 g/mol. The number of thiazole rings is 1. The highest BCUT2D eigenvalue weighted by atomic mass is 32.1. The van der Waals surface area contributed by atoms with Crippen LogP contribution < -0.4 is 19.6 Å². The summed E-state index contributed by atoms with van der Waals surface area (Å²) in [4.78, 5) is 21.9. The van der Waals surface area contributed by atoms with E-state index in [1.165, 1.54) is 15.9 Å². The van der Waals surface area contributed by atoms with Crippen LogP contribution in [0.5, 0.6) is 11.5 Å². The molecule has 1 aromatic carbocycles. The lowest BCUT2D eigenvalue weighted by atomic mass is 10.2. The number of benzene rings is 1. The summed E-state index contributed by atoms with van der Waals surface area (Å²) in [5.41, 5.74) is 1.43. The second kappa shape index (κ2) is 9.04. The van der Waals surface area contributed by atoms with Crippen molar-refractivity contribution in [3.8, 4) is 22.9 Å². The molecule has 0 spiro atoms. The smallest absolute Gasteiger partial charge is 0.291 e. The molecule has 8 heteroatoms. The van der Waals surface area contributed by atoms with E-state index in [9.17, 15) is 4.79 Å². The van der Waals surface area contributed by atoms with E-state index >= 15 is 0 Å². The number of methoxy groups -OCH3 is 1. The van der Waals surface area contributed by atoms with E-state index in [4.69, 9.17) is 9.47 Å². The van der Waals surface area contributed by atoms with Crippen molar-refractivity contribution >= 4 is 22.4 Å². The van der Waals surface area contributed by atoms with Gasteiger partial charge in [0, 0.05) is 18.0 Å². The molecule has 0 radical (unpaired) electrons. The van der Waals surface area contributed by atoms with Crippen LogP contribution in [0.2, 0.25) is 0 Å². The minimum Gasteiger partial charge on any atom is -0.493 e. The van der Waals surface area contributed by atoms with Gasteiger partial charge in [0.2, 0.25) is 4.96 Å². The Morgan fingerprint density at radius 3 is 2.83 bits per heavy atom. The van der Waals surface area contributed by atoms with Crippen LogP contribution in [0.1, 0.15) is 31.7 Å². The fourth-order valence-corrected chi connectivity index (χ4v) is 3.94. The van der Waals surface area contributed by atoms with Crippen molar-refractivity contribution in [3.05, 3.63) is 63.2 Å². The molecule has 0 bridgehead atoms. The molecular formula is C22H22N4O3S. The number of ether oxygens (including phenoxy) is 2. The maximum absolute atomic E-state index is 12.8. The van der Waals surface area contributed by atoms with Crippen LogP contribution in [0.15, 0.2) is 47.5 Å². The van der Waals surface area contributed by atoms with Gasteiger partial charge in [-0.1, -0.05) is 37.2 Å². The zero-order valence-electron chi connectivity index (χ0n) is 16.9. The molecule has 154 valence electrons. The van der Waals surface area contributed by atoms with Crippen LogP contribution in [0, 0.1) is 0 Å². The van der Waals surface area contributed by atoms with Crippen molar-refractivity contribution in [1.29, 1.82) is 0 Å². The van der Waals surface area contributed by atoms with E-state index in [-0.39, 0.29) is 5.56 Å². The van der Waals surface area contributed by atoms with Gasteiger partial charge >= 0.3 is 0 Å². The predicted molar refractivity (Wildman–Crippen MR) is 117 cm³/mol. The molecule has 0 saturated carbocycles. The summed E-state index contributed by atoms with van der Waals surface area (Å²) in [7, 11) is 1.61. The minimum absolute atomic E-state index is 0.198. The largest absolute Gasteiger partial charge is 0.493 e. The van der Waals surface area contributed by atoms with E-state index in [0.717, 1.165) is 30.4 Å². The normalized spacial score (nSPS) is 11.9. The monoisotopic (exact) mass is 422 g/mol. The molecule has 0 atom stereocenters. The molecule has 4 rings (SSSR count). The van der Waals surface area contributed by atoms with Crippen LogP contribution in [0.4, 0.5) is 0 Å². The van der Waals surface area contributed by atoms with Gasteiger partial charge in [-0.2, -0.15) is 9.50 Å². The van der Waals surface area contributed by atoms with Gasteiger partial charge in [0.15, 0.2) is 17.3 Å². The summed E-state index contributed by atoms with van der Waals surface area (Å²) < 4.78 is 13.2. The summed E-state index contributed by atoms with van der Waals surface area (Å²) in [6, 6.07) is 9.33. The number of hydrogen-bond acceptors (Lipinski definition) is 7. The average molecular weight is 423 g/mol. The highest BCUT2D eigenvalue weighted by Gasteiger charge is 2.12. The van der Waals surface area contributed by atoms with Crippen molar-refractivity contribution in [2.45, 2.75) is 26.2 Å². The molecule has 4 aromatic rings. The molecule has 30 heavy (non-hydrogen) atoms. The first-order valence-corrected chi connectivity index (χ1v) is 10.6. The zero-order valence-corrected chi connectivity index (χ0v) is 17.7. The zero-order chi connectivity index (χ0) is 20.9. The molecule has 0 amide bonds. The van der Waals surface area contributed by atoms with Gasteiger partial charge in [0.05, 0.1) is 18.2 Å². The number of hydrogen-bond donors (Lipinski definition) is 0. The van der Waals surface area contributed by atoms with Gasteiger partial charge in [-0.05, 0) is 42.3 Å². The Bertz CT molecular complexity index is 1250. The molecule has 0 unspecified atom stereocenters. The first-order valence-electron chi connectivity index (χ1n) is 9.82. The van der Waals surface area contributed by atoms with E-state index in [2.05, 4.69) is 22.0 Å². The van der Waals surface area contributed by atoms with Crippen LogP contribution >= 0.6 is 11.3 Å². The third kappa shape index (κ3) is 4.18. The van der Waals surface area contributed by atoms with Crippen molar-refractivity contribution in [2.75, 3.05) is 13.7 Å². The Morgan fingerprint density at radius 2 is 2.10 bits per heavy atom. The number of fused-ring (bicyclic) bond motifs is 1. The molecule has 3 aromatic heterocycles. The van der Waals surface area contributed by atoms with Crippen LogP contribution in [-0.2, 0) is 0 Å². The number of nitrogens with zero attached hydrogens (tertiary/aromatic N) is 4. The molecule has 0 N–H and O–H groups in total. The molecule has 0 aliphatic carbocycles. The van der Waals surface area contributed by atoms with Crippen molar-refractivity contribution < 1.29 is 9.47 Å². The molecule has 0 aliphatic heterocycles. The van der Waals surface area contributed by atoms with Crippen LogP contribution in [0.25, 0.3) is 22.4 Å². The fraction of sp³-hybridized carbons (Fsp3) is 0.273. The summed E-state index contributed by atoms with van der Waals surface area (Å²) in [6.45, 7) is 2.82. The fourth-order valence-electron chi connectivity index (χ4n) is 3.03. The standard InChI is InChI=1S/C22H22N4O3S/c1-3-4-5-11-29-17-9-8-15(12-18(17)28-2)13-19-21(27)26-22(30-19)24-20(25-26)16-7-6-10-23-14-16/h6-10,12-14H,3-5,11H2,1-2H3/b19-13-. The molecule has 0 fully saturated rings. The third-order valence-electron chi connectivity index (χ3n) is 4.59. The third-order valence-corrected chi connectivity index (χ3v) is 5.55. The van der Waals surface area contributed by atoms with Gasteiger partial charge in [0.25, 0.3) is 5.56 Å². The lowest BCUT2D eigenvalue weighted by molar-refractivity contribution is 0.286. The number of aromatic nitrogens is 4. The Labute approximate surface area is 177 Å². The molecule has 3 heterocycles. The minimum atomic E-state index is -0.198. The van der Waals surface area contributed by atoms with Crippen molar-refractivity contribution in [2.24, 2.45) is 0 Å². The molecule has 0 saturated heterocycles. The second-order valence-corrected chi connectivity index (χ2v) is 7.76. The Kier molecular flexibility index (Phi) is 6.04. The lowest BCUT2D eigenvalue weighted by Crippen LogP contribution is -2.23.